The van der Waals surface area contributed by atoms with E-state index in [-0.39, 0.29) is 0 Å². The Morgan fingerprint density at radius 2 is 1.21 bits per heavy atom. The molecule has 0 saturated heterocycles. The maximum atomic E-state index is 2.47. The molecule has 0 heteroatoms. The van der Waals surface area contributed by atoms with Crippen molar-refractivity contribution in [3.05, 3.63) is 0 Å². The van der Waals surface area contributed by atoms with Crippen molar-refractivity contribution in [3.63, 3.8) is 0 Å². The highest BCUT2D eigenvalue weighted by molar-refractivity contribution is 5.32. The van der Waals surface area contributed by atoms with Crippen LogP contribution in [0.5, 0.6) is 0 Å². The quantitative estimate of drug-likeness (QED) is 0.613. The van der Waals surface area contributed by atoms with E-state index in [4.69, 9.17) is 0 Å². The second-order valence-electron chi connectivity index (χ2n) is 6.88. The summed E-state index contributed by atoms with van der Waals surface area (Å²) in [6.07, 6.45) is 7.77. The number of rotatable bonds is 2. The van der Waals surface area contributed by atoms with Crippen molar-refractivity contribution in [2.75, 3.05) is 0 Å². The molecule has 0 aromatic rings. The molecule has 3 fully saturated rings. The van der Waals surface area contributed by atoms with Gasteiger partial charge >= 0.3 is 0 Å². The summed E-state index contributed by atoms with van der Waals surface area (Å²) in [5, 5.41) is 0. The summed E-state index contributed by atoms with van der Waals surface area (Å²) in [4.78, 5) is 0. The fourth-order valence-corrected chi connectivity index (χ4v) is 5.56. The summed E-state index contributed by atoms with van der Waals surface area (Å²) in [6, 6.07) is 0. The smallest absolute Gasteiger partial charge is 0.0174 e. The van der Waals surface area contributed by atoms with Gasteiger partial charge in [-0.15, -0.1) is 0 Å². The zero-order valence-electron chi connectivity index (χ0n) is 10.2. The minimum absolute atomic E-state index is 0.789. The maximum absolute atomic E-state index is 2.47. The molecule has 0 amide bonds. The molecule has 0 aromatic heterocycles. The molecule has 3 aliphatic carbocycles. The van der Waals surface area contributed by atoms with Crippen LogP contribution in [0.2, 0.25) is 0 Å². The summed E-state index contributed by atoms with van der Waals surface area (Å²) >= 11 is 0. The molecule has 3 aliphatic rings. The van der Waals surface area contributed by atoms with Crippen LogP contribution in [0, 0.1) is 28.1 Å². The first-order chi connectivity index (χ1) is 6.51. The maximum Gasteiger partial charge on any atom is -0.0174 e. The van der Waals surface area contributed by atoms with Gasteiger partial charge in [0.25, 0.3) is 0 Å². The van der Waals surface area contributed by atoms with Gasteiger partial charge in [0.1, 0.15) is 0 Å². The molecule has 14 heavy (non-hydrogen) atoms. The Balaban J connectivity index is 1.97. The Hall–Kier alpha value is 0. The minimum atomic E-state index is 0.789. The van der Waals surface area contributed by atoms with Crippen LogP contribution in [0.25, 0.3) is 0 Å². The molecule has 80 valence electrons. The predicted molar refractivity (Wildman–Crippen MR) is 60.1 cm³/mol. The normalized spacial score (nSPS) is 54.4. The Morgan fingerprint density at radius 3 is 1.50 bits per heavy atom. The molecular formula is C14H24. The topological polar surface area (TPSA) is 0 Å². The number of hydrogen-bond acceptors (Lipinski definition) is 0. The van der Waals surface area contributed by atoms with Crippen LogP contribution >= 0.6 is 0 Å². The minimum Gasteiger partial charge on any atom is -0.0622 e. The molecular weight excluding hydrogens is 168 g/mol. The van der Waals surface area contributed by atoms with Crippen molar-refractivity contribution in [2.24, 2.45) is 28.1 Å². The molecule has 3 saturated carbocycles. The third kappa shape index (κ3) is 0.630. The van der Waals surface area contributed by atoms with E-state index < -0.39 is 0 Å². The average Bonchev–Trinajstić information content (AvgIpc) is 2.71. The highest BCUT2D eigenvalue weighted by atomic mass is 14.9. The van der Waals surface area contributed by atoms with Crippen molar-refractivity contribution in [2.45, 2.75) is 59.8 Å². The molecule has 0 N–H and O–H groups in total. The molecule has 0 radical (unpaired) electrons. The monoisotopic (exact) mass is 192 g/mol. The SMILES string of the molecule is CC(C)C12CCC3(C(C)C)CC13CC2. The summed E-state index contributed by atoms with van der Waals surface area (Å²) in [6.45, 7) is 9.86. The largest absolute Gasteiger partial charge is 0.0622 e. The van der Waals surface area contributed by atoms with E-state index in [9.17, 15) is 0 Å². The standard InChI is InChI=1S/C14H24/c1-10(2)12-5-6-13(11(3)4)9-14(12,13)8-7-12/h10-11H,5-9H2,1-4H3. The van der Waals surface area contributed by atoms with Gasteiger partial charge in [-0.2, -0.15) is 0 Å². The molecule has 0 heterocycles. The van der Waals surface area contributed by atoms with Gasteiger partial charge in [-0.1, -0.05) is 27.7 Å². The van der Waals surface area contributed by atoms with E-state index in [1.165, 1.54) is 0 Å². The fraction of sp³-hybridized carbons (Fsp3) is 1.00. The molecule has 0 aliphatic heterocycles. The summed E-state index contributed by atoms with van der Waals surface area (Å²) in [7, 11) is 0. The third-order valence-electron chi connectivity index (χ3n) is 6.62. The van der Waals surface area contributed by atoms with Crippen LogP contribution in [-0.2, 0) is 0 Å². The molecule has 3 unspecified atom stereocenters. The average molecular weight is 192 g/mol. The Morgan fingerprint density at radius 1 is 0.714 bits per heavy atom. The van der Waals surface area contributed by atoms with Gasteiger partial charge in [0, 0.05) is 0 Å². The first kappa shape index (κ1) is 9.24. The zero-order chi connectivity index (χ0) is 10.2. The first-order valence-electron chi connectivity index (χ1n) is 6.51. The van der Waals surface area contributed by atoms with E-state index in [2.05, 4.69) is 27.7 Å². The lowest BCUT2D eigenvalue weighted by atomic mass is 9.52. The highest BCUT2D eigenvalue weighted by Crippen LogP contribution is 2.91. The lowest BCUT2D eigenvalue weighted by Gasteiger charge is -2.53. The zero-order valence-corrected chi connectivity index (χ0v) is 10.2. The van der Waals surface area contributed by atoms with E-state index in [0.29, 0.717) is 0 Å². The van der Waals surface area contributed by atoms with Gasteiger partial charge < -0.3 is 0 Å². The Bertz CT molecular complexity index is 274. The van der Waals surface area contributed by atoms with Gasteiger partial charge in [0.05, 0.1) is 0 Å². The third-order valence-corrected chi connectivity index (χ3v) is 6.62. The molecule has 0 bridgehead atoms. The molecule has 3 rings (SSSR count). The summed E-state index contributed by atoms with van der Waals surface area (Å²) in [5.74, 6) is 1.86. The van der Waals surface area contributed by atoms with Gasteiger partial charge in [-0.3, -0.25) is 0 Å². The van der Waals surface area contributed by atoms with Crippen LogP contribution < -0.4 is 0 Å². The van der Waals surface area contributed by atoms with E-state index >= 15 is 0 Å². The van der Waals surface area contributed by atoms with Crippen LogP contribution in [0.15, 0.2) is 0 Å². The van der Waals surface area contributed by atoms with Crippen molar-refractivity contribution in [1.29, 1.82) is 0 Å². The van der Waals surface area contributed by atoms with Crippen molar-refractivity contribution in [1.82, 2.24) is 0 Å². The fourth-order valence-electron chi connectivity index (χ4n) is 5.56. The summed E-state index contributed by atoms with van der Waals surface area (Å²) < 4.78 is 0. The van der Waals surface area contributed by atoms with E-state index in [1.807, 2.05) is 0 Å². The van der Waals surface area contributed by atoms with Gasteiger partial charge in [-0.05, 0) is 60.2 Å². The van der Waals surface area contributed by atoms with Gasteiger partial charge in [0.2, 0.25) is 0 Å². The molecule has 3 atom stereocenters. The van der Waals surface area contributed by atoms with Crippen molar-refractivity contribution < 1.29 is 0 Å². The second kappa shape index (κ2) is 2.23. The van der Waals surface area contributed by atoms with Crippen LogP contribution in [-0.4, -0.2) is 0 Å². The Labute approximate surface area is 88.5 Å². The lowest BCUT2D eigenvalue weighted by molar-refractivity contribution is -0.0395. The summed E-state index contributed by atoms with van der Waals surface area (Å²) in [5.41, 5.74) is 2.43. The lowest BCUT2D eigenvalue weighted by Crippen LogP contribution is -2.45. The predicted octanol–water partition coefficient (Wildman–Crippen LogP) is 4.25. The highest BCUT2D eigenvalue weighted by Gasteiger charge is 2.83. The second-order valence-corrected chi connectivity index (χ2v) is 6.88. The number of hydrogen-bond donors (Lipinski definition) is 0. The van der Waals surface area contributed by atoms with Gasteiger partial charge in [0.15, 0.2) is 0 Å². The molecule has 0 nitrogen and oxygen atoms in total. The van der Waals surface area contributed by atoms with Crippen LogP contribution in [0.4, 0.5) is 0 Å². The molecule has 1 spiro atoms. The Kier molecular flexibility index (Phi) is 1.47. The van der Waals surface area contributed by atoms with E-state index in [0.717, 1.165) is 28.1 Å². The van der Waals surface area contributed by atoms with Crippen molar-refractivity contribution >= 4 is 0 Å². The molecule has 0 aromatic carbocycles. The van der Waals surface area contributed by atoms with Crippen LogP contribution in [0.1, 0.15) is 59.8 Å². The first-order valence-corrected chi connectivity index (χ1v) is 6.51. The van der Waals surface area contributed by atoms with E-state index in [1.54, 1.807) is 32.1 Å². The van der Waals surface area contributed by atoms with Gasteiger partial charge in [-0.25, -0.2) is 0 Å². The van der Waals surface area contributed by atoms with Crippen LogP contribution in [0.3, 0.4) is 0 Å². The van der Waals surface area contributed by atoms with Crippen molar-refractivity contribution in [3.8, 4) is 0 Å².